The quantitative estimate of drug-likeness (QED) is 0.481. The van der Waals surface area contributed by atoms with Gasteiger partial charge in [-0.15, -0.1) is 0 Å². The fraction of sp³-hybridized carbons (Fsp3) is 0.0667. The predicted octanol–water partition coefficient (Wildman–Crippen LogP) is 3.63. The number of amides is 1. The molecule has 0 spiro atoms. The number of nitrogens with zero attached hydrogens (tertiary/aromatic N) is 1. The highest BCUT2D eigenvalue weighted by Gasteiger charge is 2.27. The first kappa shape index (κ1) is 13.8. The number of thioether (sulfide) groups is 1. The van der Waals surface area contributed by atoms with Crippen molar-refractivity contribution in [3.05, 3.63) is 65.1 Å². The van der Waals surface area contributed by atoms with Crippen LogP contribution in [0.2, 0.25) is 0 Å². The zero-order valence-corrected chi connectivity index (χ0v) is 12.1. The lowest BCUT2D eigenvalue weighted by Gasteiger charge is -2.03. The van der Waals surface area contributed by atoms with Gasteiger partial charge >= 0.3 is 0 Å². The zero-order chi connectivity index (χ0) is 13.7. The first-order valence-corrected chi connectivity index (χ1v) is 7.01. The van der Waals surface area contributed by atoms with E-state index in [-0.39, 0.29) is 5.91 Å². The third-order valence-corrected chi connectivity index (χ3v) is 4.05. The summed E-state index contributed by atoms with van der Waals surface area (Å²) in [4.78, 5) is 13.8. The predicted molar refractivity (Wildman–Crippen MR) is 85.7 cm³/mol. The minimum Gasteiger partial charge on any atom is -0.296 e. The van der Waals surface area contributed by atoms with Crippen LogP contribution in [0.5, 0.6) is 0 Å². The molecule has 1 saturated heterocycles. The summed E-state index contributed by atoms with van der Waals surface area (Å²) in [5, 5.41) is 0. The third-order valence-electron chi connectivity index (χ3n) is 2.54. The molecule has 1 aromatic carbocycles. The van der Waals surface area contributed by atoms with Crippen LogP contribution in [0.4, 0.5) is 0 Å². The van der Waals surface area contributed by atoms with Crippen LogP contribution < -0.4 is 0 Å². The van der Waals surface area contributed by atoms with Crippen LogP contribution in [0.15, 0.2) is 59.5 Å². The minimum atomic E-state index is -0.0355. The molecule has 0 unspecified atom stereocenters. The highest BCUT2D eigenvalue weighted by molar-refractivity contribution is 8.26. The van der Waals surface area contributed by atoms with E-state index in [1.165, 1.54) is 16.7 Å². The summed E-state index contributed by atoms with van der Waals surface area (Å²) in [6, 6.07) is 10.0. The van der Waals surface area contributed by atoms with Gasteiger partial charge < -0.3 is 0 Å². The van der Waals surface area contributed by atoms with Crippen molar-refractivity contribution in [3.63, 3.8) is 0 Å². The van der Waals surface area contributed by atoms with Crippen molar-refractivity contribution < 1.29 is 4.79 Å². The Morgan fingerprint density at radius 1 is 1.16 bits per heavy atom. The van der Waals surface area contributed by atoms with Gasteiger partial charge in [0.2, 0.25) is 0 Å². The average molecular weight is 287 g/mol. The molecule has 2 rings (SSSR count). The van der Waals surface area contributed by atoms with E-state index in [1.54, 1.807) is 13.1 Å². The second-order valence-corrected chi connectivity index (χ2v) is 5.59. The van der Waals surface area contributed by atoms with E-state index in [4.69, 9.17) is 12.2 Å². The molecular weight excluding hydrogens is 274 g/mol. The maximum Gasteiger partial charge on any atom is 0.265 e. The lowest BCUT2D eigenvalue weighted by Crippen LogP contribution is -2.22. The van der Waals surface area contributed by atoms with Crippen molar-refractivity contribution in [2.24, 2.45) is 0 Å². The molecule has 1 aliphatic rings. The highest BCUT2D eigenvalue weighted by atomic mass is 32.2. The van der Waals surface area contributed by atoms with Crippen molar-refractivity contribution in [1.29, 1.82) is 0 Å². The number of carbonyl (C=O) groups excluding carboxylic acids is 1. The molecule has 0 aromatic heterocycles. The molecule has 0 aliphatic carbocycles. The van der Waals surface area contributed by atoms with Crippen LogP contribution in [0.1, 0.15) is 5.56 Å². The number of likely N-dealkylation sites (N-methyl/N-ethyl adjacent to an activating group) is 1. The van der Waals surface area contributed by atoms with Crippen LogP contribution in [0.25, 0.3) is 6.08 Å². The second-order valence-electron chi connectivity index (χ2n) is 3.92. The van der Waals surface area contributed by atoms with Crippen molar-refractivity contribution in [3.8, 4) is 0 Å². The van der Waals surface area contributed by atoms with Gasteiger partial charge in [-0.05, 0) is 11.6 Å². The Morgan fingerprint density at radius 3 is 2.53 bits per heavy atom. The van der Waals surface area contributed by atoms with Crippen LogP contribution in [-0.4, -0.2) is 22.2 Å². The van der Waals surface area contributed by atoms with Gasteiger partial charge in [-0.1, -0.05) is 78.6 Å². The number of hydrogen-bond acceptors (Lipinski definition) is 3. The number of hydrogen-bond donors (Lipinski definition) is 0. The molecule has 1 heterocycles. The van der Waals surface area contributed by atoms with Gasteiger partial charge in [0.05, 0.1) is 4.91 Å². The maximum absolute atomic E-state index is 11.7. The minimum absolute atomic E-state index is 0.0355. The molecule has 1 aromatic rings. The largest absolute Gasteiger partial charge is 0.296 e. The molecule has 0 atom stereocenters. The summed E-state index contributed by atoms with van der Waals surface area (Å²) in [5.74, 6) is -0.0355. The van der Waals surface area contributed by atoms with Crippen molar-refractivity contribution in [1.82, 2.24) is 4.90 Å². The van der Waals surface area contributed by atoms with Gasteiger partial charge in [0.15, 0.2) is 0 Å². The first-order chi connectivity index (χ1) is 9.18. The zero-order valence-electron chi connectivity index (χ0n) is 10.4. The SMILES string of the molecule is CN1C(=O)C(=CC=CC=Cc2ccccc2)SC1=S. The van der Waals surface area contributed by atoms with E-state index >= 15 is 0 Å². The standard InChI is InChI=1S/C15H13NOS2/c1-16-14(17)13(19-15(16)18)11-7-3-6-10-12-8-4-2-5-9-12/h2-11H,1H3. The summed E-state index contributed by atoms with van der Waals surface area (Å²) < 4.78 is 0.601. The number of rotatable bonds is 3. The molecular formula is C15H13NOS2. The third kappa shape index (κ3) is 3.66. The molecule has 0 radical (unpaired) electrons. The molecule has 0 N–H and O–H groups in total. The second kappa shape index (κ2) is 6.50. The Morgan fingerprint density at radius 2 is 1.89 bits per heavy atom. The summed E-state index contributed by atoms with van der Waals surface area (Å²) in [5.41, 5.74) is 1.15. The van der Waals surface area contributed by atoms with Crippen LogP contribution in [-0.2, 0) is 4.79 Å². The van der Waals surface area contributed by atoms with Crippen LogP contribution in [0, 0.1) is 0 Å². The molecule has 4 heteroatoms. The monoisotopic (exact) mass is 287 g/mol. The van der Waals surface area contributed by atoms with E-state index in [2.05, 4.69) is 0 Å². The Labute approximate surface area is 122 Å². The van der Waals surface area contributed by atoms with Crippen molar-refractivity contribution in [2.75, 3.05) is 7.05 Å². The molecule has 1 amide bonds. The first-order valence-electron chi connectivity index (χ1n) is 5.78. The van der Waals surface area contributed by atoms with Gasteiger partial charge in [0.25, 0.3) is 5.91 Å². The number of thiocarbonyl (C=S) groups is 1. The highest BCUT2D eigenvalue weighted by Crippen LogP contribution is 2.29. The molecule has 1 aliphatic heterocycles. The van der Waals surface area contributed by atoms with Gasteiger partial charge in [0.1, 0.15) is 4.32 Å². The van der Waals surface area contributed by atoms with Crippen LogP contribution in [0.3, 0.4) is 0 Å². The number of benzene rings is 1. The normalized spacial score (nSPS) is 18.4. The topological polar surface area (TPSA) is 20.3 Å². The fourth-order valence-electron chi connectivity index (χ4n) is 1.50. The molecule has 2 nitrogen and oxygen atoms in total. The Kier molecular flexibility index (Phi) is 4.71. The van der Waals surface area contributed by atoms with Gasteiger partial charge in [-0.25, -0.2) is 0 Å². The van der Waals surface area contributed by atoms with Crippen molar-refractivity contribution >= 4 is 40.3 Å². The summed E-state index contributed by atoms with van der Waals surface area (Å²) in [7, 11) is 1.69. The Balaban J connectivity index is 1.96. The summed E-state index contributed by atoms with van der Waals surface area (Å²) in [6.07, 6.45) is 9.49. The molecule has 96 valence electrons. The van der Waals surface area contributed by atoms with Crippen LogP contribution >= 0.6 is 24.0 Å². The Hall–Kier alpha value is -1.65. The average Bonchev–Trinajstić information content (AvgIpc) is 2.67. The molecule has 0 bridgehead atoms. The smallest absolute Gasteiger partial charge is 0.265 e. The number of allylic oxidation sites excluding steroid dienone is 4. The Bertz CT molecular complexity index is 573. The molecule has 0 saturated carbocycles. The molecule has 1 fully saturated rings. The van der Waals surface area contributed by atoms with E-state index in [9.17, 15) is 4.79 Å². The van der Waals surface area contributed by atoms with Crippen molar-refractivity contribution in [2.45, 2.75) is 0 Å². The van der Waals surface area contributed by atoms with Gasteiger partial charge in [-0.2, -0.15) is 0 Å². The van der Waals surface area contributed by atoms with E-state index in [0.29, 0.717) is 9.23 Å². The number of carbonyl (C=O) groups is 1. The summed E-state index contributed by atoms with van der Waals surface area (Å²) >= 11 is 6.38. The van der Waals surface area contributed by atoms with E-state index in [0.717, 1.165) is 5.56 Å². The van der Waals surface area contributed by atoms with E-state index in [1.807, 2.05) is 54.6 Å². The fourth-order valence-corrected chi connectivity index (χ4v) is 2.63. The molecule has 19 heavy (non-hydrogen) atoms. The lowest BCUT2D eigenvalue weighted by atomic mass is 10.2. The van der Waals surface area contributed by atoms with Gasteiger partial charge in [0, 0.05) is 7.05 Å². The lowest BCUT2D eigenvalue weighted by molar-refractivity contribution is -0.121. The summed E-state index contributed by atoms with van der Waals surface area (Å²) in [6.45, 7) is 0. The maximum atomic E-state index is 11.7. The van der Waals surface area contributed by atoms with E-state index < -0.39 is 0 Å². The van der Waals surface area contributed by atoms with Gasteiger partial charge in [-0.3, -0.25) is 9.69 Å².